The van der Waals surface area contributed by atoms with Gasteiger partial charge in [0.05, 0.1) is 0 Å². The number of hydrogen-bond donors (Lipinski definition) is 0. The van der Waals surface area contributed by atoms with Crippen molar-refractivity contribution in [1.29, 1.82) is 0 Å². The molecule has 2 aromatic heterocycles. The smallest absolute Gasteiger partial charge is 0.140 e. The third-order valence-corrected chi connectivity index (χ3v) is 2.23. The topological polar surface area (TPSA) is 17.8 Å². The van der Waals surface area contributed by atoms with Gasteiger partial charge in [-0.2, -0.15) is 0 Å². The fourth-order valence-corrected chi connectivity index (χ4v) is 1.43. The van der Waals surface area contributed by atoms with Crippen LogP contribution in [0.2, 0.25) is 0 Å². The number of hydrogen-bond acceptors (Lipinski definition) is 1. The number of nitrogens with zero attached hydrogens (tertiary/aromatic N) is 2. The molecule has 0 radical (unpaired) electrons. The van der Waals surface area contributed by atoms with Crippen molar-refractivity contribution in [3.8, 4) is 0 Å². The van der Waals surface area contributed by atoms with E-state index >= 15 is 0 Å². The molecule has 0 N–H and O–H groups in total. The van der Waals surface area contributed by atoms with E-state index in [0.717, 1.165) is 9.86 Å². The molecule has 0 spiro atoms. The summed E-state index contributed by atoms with van der Waals surface area (Å²) in [5.41, 5.74) is 0.472. The first-order valence-corrected chi connectivity index (χ1v) is 3.91. The molecule has 0 unspecified atom stereocenters. The van der Waals surface area contributed by atoms with Crippen molar-refractivity contribution >= 4 is 27.0 Å². The zero-order valence-electron chi connectivity index (χ0n) is 8.58. The second-order valence-corrected chi connectivity index (χ2v) is 3.07. The van der Waals surface area contributed by atoms with Crippen molar-refractivity contribution in [3.05, 3.63) is 29.0 Å². The molecule has 0 saturated carbocycles. The van der Waals surface area contributed by atoms with Crippen LogP contribution < -0.4 is 0 Å². The highest BCUT2D eigenvalue weighted by Crippen LogP contribution is 2.21. The summed E-state index contributed by atoms with van der Waals surface area (Å²) in [6.45, 7) is -2.17. The van der Waals surface area contributed by atoms with Crippen molar-refractivity contribution in [3.63, 3.8) is 0 Å². The van der Waals surface area contributed by atoms with Crippen LogP contribution >= 0.6 is 15.9 Å². The molecule has 3 heteroatoms. The van der Waals surface area contributed by atoms with Crippen LogP contribution in [0.4, 0.5) is 0 Å². The second kappa shape index (κ2) is 2.34. The molecule has 0 aromatic carbocycles. The Balaban J connectivity index is 2.76. The fourth-order valence-electron chi connectivity index (χ4n) is 1.01. The highest BCUT2D eigenvalue weighted by Gasteiger charge is 2.00. The minimum absolute atomic E-state index is 0.472. The number of aromatic nitrogens is 2. The van der Waals surface area contributed by atoms with E-state index in [-0.39, 0.29) is 0 Å². The van der Waals surface area contributed by atoms with E-state index in [0.29, 0.717) is 5.65 Å². The predicted octanol–water partition coefficient (Wildman–Crippen LogP) is 2.34. The highest BCUT2D eigenvalue weighted by atomic mass is 79.9. The minimum Gasteiger partial charge on any atom is -0.336 e. The van der Waals surface area contributed by atoms with Gasteiger partial charge in [-0.3, -0.25) is 0 Å². The molecule has 0 atom stereocenters. The van der Waals surface area contributed by atoms with Crippen LogP contribution in [0.3, 0.4) is 0 Å². The van der Waals surface area contributed by atoms with Gasteiger partial charge in [0.1, 0.15) is 5.65 Å². The van der Waals surface area contributed by atoms with Gasteiger partial charge >= 0.3 is 0 Å². The molecule has 0 aliphatic heterocycles. The lowest BCUT2D eigenvalue weighted by Crippen LogP contribution is -1.86. The Hall–Kier alpha value is -0.830. The van der Waals surface area contributed by atoms with Crippen molar-refractivity contribution < 1.29 is 4.11 Å². The Kier molecular flexibility index (Phi) is 0.906. The Bertz CT molecular complexity index is 475. The Morgan fingerprint density at radius 2 is 2.55 bits per heavy atom. The van der Waals surface area contributed by atoms with Crippen LogP contribution in [0.25, 0.3) is 11.0 Å². The van der Waals surface area contributed by atoms with Crippen LogP contribution in [-0.4, -0.2) is 9.55 Å². The molecule has 11 heavy (non-hydrogen) atoms. The van der Waals surface area contributed by atoms with Crippen LogP contribution in [0.15, 0.2) is 29.0 Å². The molecule has 2 aromatic rings. The standard InChI is InChI=1S/C8H7BrN2/c1-11-5-3-6-7(9)2-4-10-8(6)11/h2-5H,1H3/i1D3. The van der Waals surface area contributed by atoms with Gasteiger partial charge in [0.2, 0.25) is 0 Å². The first-order chi connectivity index (χ1) is 6.50. The summed E-state index contributed by atoms with van der Waals surface area (Å²) in [5, 5.41) is 0.809. The molecule has 56 valence electrons. The summed E-state index contributed by atoms with van der Waals surface area (Å²) >= 11 is 3.34. The predicted molar refractivity (Wildman–Crippen MR) is 48.4 cm³/mol. The molecule has 0 amide bonds. The van der Waals surface area contributed by atoms with Crippen molar-refractivity contribution in [1.82, 2.24) is 9.55 Å². The van der Waals surface area contributed by atoms with Gasteiger partial charge < -0.3 is 4.57 Å². The summed E-state index contributed by atoms with van der Waals surface area (Å²) in [4.78, 5) is 4.04. The first kappa shape index (κ1) is 4.26. The van der Waals surface area contributed by atoms with Crippen molar-refractivity contribution in [2.24, 2.45) is 6.98 Å². The number of aryl methyl sites for hydroxylation is 1. The van der Waals surface area contributed by atoms with E-state index < -0.39 is 6.98 Å². The molecule has 0 bridgehead atoms. The van der Waals surface area contributed by atoms with Gasteiger partial charge in [-0.1, -0.05) is 0 Å². The quantitative estimate of drug-likeness (QED) is 0.658. The van der Waals surface area contributed by atoms with Crippen LogP contribution in [-0.2, 0) is 6.98 Å². The van der Waals surface area contributed by atoms with Gasteiger partial charge in [-0.25, -0.2) is 4.98 Å². The van der Waals surface area contributed by atoms with Crippen LogP contribution in [0, 0.1) is 0 Å². The minimum atomic E-state index is -2.17. The fraction of sp³-hybridized carbons (Fsp3) is 0.125. The molecular weight excluding hydrogens is 204 g/mol. The number of rotatable bonds is 0. The summed E-state index contributed by atoms with van der Waals surface area (Å²) in [7, 11) is 0. The molecule has 2 rings (SSSR count). The Morgan fingerprint density at radius 1 is 1.64 bits per heavy atom. The maximum Gasteiger partial charge on any atom is 0.140 e. The van der Waals surface area contributed by atoms with Crippen LogP contribution in [0.5, 0.6) is 0 Å². The number of fused-ring (bicyclic) bond motifs is 1. The molecule has 2 nitrogen and oxygen atoms in total. The molecule has 2 heterocycles. The highest BCUT2D eigenvalue weighted by molar-refractivity contribution is 9.10. The number of pyridine rings is 1. The SMILES string of the molecule is [2H]C([2H])([2H])n1ccc2c(Br)ccnc21. The van der Waals surface area contributed by atoms with Gasteiger partial charge in [-0.15, -0.1) is 0 Å². The Morgan fingerprint density at radius 3 is 3.36 bits per heavy atom. The lowest BCUT2D eigenvalue weighted by atomic mass is 10.3. The monoisotopic (exact) mass is 213 g/mol. The number of halogens is 1. The summed E-state index contributed by atoms with van der Waals surface area (Å²) in [6.07, 6.45) is 3.10. The molecular formula is C8H7BrN2. The first-order valence-electron chi connectivity index (χ1n) is 4.62. The van der Waals surface area contributed by atoms with Crippen LogP contribution in [0.1, 0.15) is 4.11 Å². The normalized spacial score (nSPS) is 15.9. The van der Waals surface area contributed by atoms with E-state index in [1.807, 2.05) is 0 Å². The lowest BCUT2D eigenvalue weighted by Gasteiger charge is -1.94. The maximum atomic E-state index is 7.28. The second-order valence-electron chi connectivity index (χ2n) is 2.22. The summed E-state index contributed by atoms with van der Waals surface area (Å²) in [5.74, 6) is 0. The lowest BCUT2D eigenvalue weighted by molar-refractivity contribution is 0.948. The zero-order chi connectivity index (χ0) is 10.3. The van der Waals surface area contributed by atoms with E-state index in [4.69, 9.17) is 4.11 Å². The van der Waals surface area contributed by atoms with Crippen molar-refractivity contribution in [2.45, 2.75) is 0 Å². The largest absolute Gasteiger partial charge is 0.336 e. The average molecular weight is 214 g/mol. The van der Waals surface area contributed by atoms with Gasteiger partial charge in [-0.05, 0) is 28.1 Å². The Labute approximate surface area is 77.2 Å². The maximum absolute atomic E-state index is 7.28. The molecule has 0 fully saturated rings. The van der Waals surface area contributed by atoms with E-state index in [1.165, 1.54) is 10.8 Å². The van der Waals surface area contributed by atoms with E-state index in [2.05, 4.69) is 20.9 Å². The molecule has 0 aliphatic carbocycles. The summed E-state index contributed by atoms with van der Waals surface area (Å²) < 4.78 is 23.9. The van der Waals surface area contributed by atoms with E-state index in [9.17, 15) is 0 Å². The van der Waals surface area contributed by atoms with Gasteiger partial charge in [0.15, 0.2) is 0 Å². The zero-order valence-corrected chi connectivity index (χ0v) is 7.17. The molecule has 0 aliphatic rings. The van der Waals surface area contributed by atoms with Gasteiger partial charge in [0.25, 0.3) is 0 Å². The summed E-state index contributed by atoms with van der Waals surface area (Å²) in [6, 6.07) is 3.52. The third-order valence-electron chi connectivity index (χ3n) is 1.53. The van der Waals surface area contributed by atoms with E-state index in [1.54, 1.807) is 18.3 Å². The average Bonchev–Trinajstić information content (AvgIpc) is 2.47. The van der Waals surface area contributed by atoms with Crippen molar-refractivity contribution in [2.75, 3.05) is 0 Å². The third kappa shape index (κ3) is 0.959. The van der Waals surface area contributed by atoms with Gasteiger partial charge in [0, 0.05) is 33.3 Å². The molecule has 0 saturated heterocycles.